The average molecular weight is 540 g/mol. The van der Waals surface area contributed by atoms with Gasteiger partial charge in [-0.3, -0.25) is 14.6 Å². The molecular formula is C26H27Cl2N7O2. The quantitative estimate of drug-likeness (QED) is 0.508. The molecule has 3 aliphatic heterocycles. The molecule has 11 heteroatoms. The fourth-order valence-corrected chi connectivity index (χ4v) is 6.17. The number of anilines is 5. The Morgan fingerprint density at radius 2 is 1.86 bits per heavy atom. The summed E-state index contributed by atoms with van der Waals surface area (Å²) in [6.45, 7) is 2.33. The van der Waals surface area contributed by atoms with Crippen molar-refractivity contribution in [2.75, 3.05) is 61.0 Å². The Morgan fingerprint density at radius 3 is 2.54 bits per heavy atom. The number of para-hydroxylation sites is 1. The van der Waals surface area contributed by atoms with E-state index in [9.17, 15) is 4.79 Å². The number of carbonyl (C=O) groups is 1. The van der Waals surface area contributed by atoms with Gasteiger partial charge in [0.05, 0.1) is 35.2 Å². The van der Waals surface area contributed by atoms with Crippen molar-refractivity contribution in [1.29, 1.82) is 0 Å². The maximum Gasteiger partial charge on any atom is 0.265 e. The van der Waals surface area contributed by atoms with Gasteiger partial charge in [-0.25, -0.2) is 4.98 Å². The summed E-state index contributed by atoms with van der Waals surface area (Å²) in [4.78, 5) is 30.7. The molecule has 37 heavy (non-hydrogen) atoms. The molecule has 1 amide bonds. The van der Waals surface area contributed by atoms with E-state index in [1.54, 1.807) is 25.3 Å². The van der Waals surface area contributed by atoms with E-state index in [2.05, 4.69) is 38.2 Å². The van der Waals surface area contributed by atoms with Crippen molar-refractivity contribution in [2.45, 2.75) is 18.5 Å². The van der Waals surface area contributed by atoms with Crippen molar-refractivity contribution in [2.24, 2.45) is 0 Å². The van der Waals surface area contributed by atoms with Crippen LogP contribution >= 0.6 is 23.2 Å². The molecule has 3 aromatic rings. The minimum atomic E-state index is -0.258. The Morgan fingerprint density at radius 1 is 1.08 bits per heavy atom. The number of hydrogen-bond acceptors (Lipinski definition) is 8. The summed E-state index contributed by atoms with van der Waals surface area (Å²) >= 11 is 12.7. The van der Waals surface area contributed by atoms with E-state index < -0.39 is 0 Å². The van der Waals surface area contributed by atoms with Crippen molar-refractivity contribution in [3.8, 4) is 5.75 Å². The molecule has 3 aliphatic rings. The maximum absolute atomic E-state index is 13.3. The zero-order valence-electron chi connectivity index (χ0n) is 20.8. The lowest BCUT2D eigenvalue weighted by Gasteiger charge is -2.35. The first-order valence-electron chi connectivity index (χ1n) is 12.1. The van der Waals surface area contributed by atoms with Crippen LogP contribution in [-0.2, 0) is 0 Å². The van der Waals surface area contributed by atoms with Crippen molar-refractivity contribution >= 4 is 57.9 Å². The van der Waals surface area contributed by atoms with Gasteiger partial charge in [0.1, 0.15) is 17.1 Å². The number of halogens is 2. The Balaban J connectivity index is 1.24. The Labute approximate surface area is 225 Å². The van der Waals surface area contributed by atoms with Crippen molar-refractivity contribution in [3.05, 3.63) is 58.2 Å². The molecule has 4 heterocycles. The number of aromatic nitrogens is 2. The van der Waals surface area contributed by atoms with Crippen LogP contribution in [0.1, 0.15) is 16.8 Å². The van der Waals surface area contributed by atoms with Crippen molar-refractivity contribution in [1.82, 2.24) is 14.9 Å². The minimum absolute atomic E-state index is 0.251. The van der Waals surface area contributed by atoms with E-state index >= 15 is 0 Å². The second kappa shape index (κ2) is 9.24. The molecule has 0 radical (unpaired) electrons. The topological polar surface area (TPSA) is 77.1 Å². The lowest BCUT2D eigenvalue weighted by molar-refractivity contribution is 0.0982. The van der Waals surface area contributed by atoms with Gasteiger partial charge in [-0.1, -0.05) is 29.3 Å². The predicted molar refractivity (Wildman–Crippen MR) is 147 cm³/mol. The Hall–Kier alpha value is -3.27. The number of methoxy groups -OCH3 is 1. The molecule has 0 spiro atoms. The van der Waals surface area contributed by atoms with Gasteiger partial charge in [0.2, 0.25) is 5.95 Å². The highest BCUT2D eigenvalue weighted by Crippen LogP contribution is 2.40. The third-order valence-electron chi connectivity index (χ3n) is 7.43. The molecule has 2 fully saturated rings. The number of piperazine rings is 1. The first-order chi connectivity index (χ1) is 17.8. The smallest absolute Gasteiger partial charge is 0.265 e. The molecule has 1 aromatic heterocycles. The molecule has 2 aromatic carbocycles. The Bertz CT molecular complexity index is 1360. The summed E-state index contributed by atoms with van der Waals surface area (Å²) < 4.78 is 5.75. The van der Waals surface area contributed by atoms with Crippen LogP contribution in [0.3, 0.4) is 0 Å². The predicted octanol–water partition coefficient (Wildman–Crippen LogP) is 4.48. The summed E-state index contributed by atoms with van der Waals surface area (Å²) in [6.07, 6.45) is 2.72. The number of nitrogens with zero attached hydrogens (tertiary/aromatic N) is 6. The summed E-state index contributed by atoms with van der Waals surface area (Å²) in [5.74, 6) is 1.46. The summed E-state index contributed by atoms with van der Waals surface area (Å²) in [5.41, 5.74) is 2.75. The number of fused-ring (bicyclic) bond motifs is 3. The number of amides is 1. The largest absolute Gasteiger partial charge is 0.495 e. The van der Waals surface area contributed by atoms with Gasteiger partial charge >= 0.3 is 0 Å². The van der Waals surface area contributed by atoms with Crippen molar-refractivity contribution < 1.29 is 9.53 Å². The number of carbonyl (C=O) groups excluding carboxylic acids is 1. The zero-order valence-corrected chi connectivity index (χ0v) is 22.3. The second-order valence-corrected chi connectivity index (χ2v) is 10.5. The standard InChI is InChI=1S/C26H27Cl2N7O2/c1-32-12-17-10-16(32)13-34(17)21-8-7-15(9-22(21)37-3)30-26-29-11-18-24(31-26)33(2)14-35(25(18)36)23-19(27)5-4-6-20(23)28/h4-9,11,16-17H,10,12-14H2,1-3H3,(H,29,30,31)/t16-,17-/m0/s1. The third kappa shape index (κ3) is 4.11. The molecule has 1 N–H and O–H groups in total. The van der Waals surface area contributed by atoms with Crippen LogP contribution in [-0.4, -0.2) is 73.8 Å². The first-order valence-corrected chi connectivity index (χ1v) is 12.9. The lowest BCUT2D eigenvalue weighted by atomic mass is 10.2. The van der Waals surface area contributed by atoms with Gasteiger partial charge in [0.25, 0.3) is 5.91 Å². The molecule has 2 atom stereocenters. The van der Waals surface area contributed by atoms with Crippen LogP contribution < -0.4 is 24.8 Å². The van der Waals surface area contributed by atoms with Crippen LogP contribution in [0.5, 0.6) is 5.75 Å². The molecule has 9 nitrogen and oxygen atoms in total. The van der Waals surface area contributed by atoms with Gasteiger partial charge in [-0.15, -0.1) is 0 Å². The highest BCUT2D eigenvalue weighted by molar-refractivity contribution is 6.40. The van der Waals surface area contributed by atoms with Crippen LogP contribution in [0.15, 0.2) is 42.6 Å². The molecule has 2 saturated heterocycles. The molecule has 0 saturated carbocycles. The van der Waals surface area contributed by atoms with E-state index in [0.717, 1.165) is 30.2 Å². The first kappa shape index (κ1) is 24.1. The fourth-order valence-electron chi connectivity index (χ4n) is 5.57. The van der Waals surface area contributed by atoms with Gasteiger partial charge in [0, 0.05) is 50.2 Å². The number of rotatable bonds is 5. The number of benzene rings is 2. The van der Waals surface area contributed by atoms with E-state index in [-0.39, 0.29) is 12.6 Å². The number of likely N-dealkylation sites (N-methyl/N-ethyl adjacent to an activating group) is 1. The van der Waals surface area contributed by atoms with E-state index in [0.29, 0.717) is 45.1 Å². The monoisotopic (exact) mass is 539 g/mol. The maximum atomic E-state index is 13.3. The van der Waals surface area contributed by atoms with E-state index in [1.165, 1.54) is 17.5 Å². The average Bonchev–Trinajstić information content (AvgIpc) is 3.46. The van der Waals surface area contributed by atoms with Crippen molar-refractivity contribution in [3.63, 3.8) is 0 Å². The SMILES string of the molecule is COc1cc(Nc2ncc3c(n2)N(C)CN(c2c(Cl)cccc2Cl)C3=O)ccc1N1C[C@@H]2C[C@H]1CN2C. The molecule has 0 unspecified atom stereocenters. The highest BCUT2D eigenvalue weighted by atomic mass is 35.5. The summed E-state index contributed by atoms with van der Waals surface area (Å²) in [6, 6.07) is 12.3. The van der Waals surface area contributed by atoms with Gasteiger partial charge in [0.15, 0.2) is 0 Å². The van der Waals surface area contributed by atoms with Crippen LogP contribution in [0.25, 0.3) is 0 Å². The molecular weight excluding hydrogens is 513 g/mol. The molecule has 6 rings (SSSR count). The fraction of sp³-hybridized carbons (Fsp3) is 0.346. The molecule has 0 aliphatic carbocycles. The summed E-state index contributed by atoms with van der Waals surface area (Å²) in [5, 5.41) is 4.07. The summed E-state index contributed by atoms with van der Waals surface area (Å²) in [7, 11) is 5.74. The third-order valence-corrected chi connectivity index (χ3v) is 8.04. The zero-order chi connectivity index (χ0) is 25.8. The number of ether oxygens (including phenoxy) is 1. The van der Waals surface area contributed by atoms with Crippen LogP contribution in [0, 0.1) is 0 Å². The second-order valence-electron chi connectivity index (χ2n) is 9.72. The minimum Gasteiger partial charge on any atom is -0.495 e. The van der Waals surface area contributed by atoms with Gasteiger partial charge < -0.3 is 19.9 Å². The lowest BCUT2D eigenvalue weighted by Crippen LogP contribution is -2.46. The van der Waals surface area contributed by atoms with E-state index in [1.807, 2.05) is 24.1 Å². The Kier molecular flexibility index (Phi) is 6.01. The molecule has 192 valence electrons. The number of hydrogen-bond donors (Lipinski definition) is 1. The normalized spacial score (nSPS) is 21.0. The van der Waals surface area contributed by atoms with E-state index in [4.69, 9.17) is 27.9 Å². The van der Waals surface area contributed by atoms with Gasteiger partial charge in [-0.05, 0) is 37.7 Å². The number of nitrogens with one attached hydrogen (secondary N) is 1. The van der Waals surface area contributed by atoms with Crippen LogP contribution in [0.4, 0.5) is 28.8 Å². The van der Waals surface area contributed by atoms with Crippen LogP contribution in [0.2, 0.25) is 10.0 Å². The van der Waals surface area contributed by atoms with Gasteiger partial charge in [-0.2, -0.15) is 4.98 Å². The number of likely N-dealkylation sites (tertiary alicyclic amines) is 1. The highest BCUT2D eigenvalue weighted by Gasteiger charge is 2.42. The molecule has 2 bridgehead atoms.